The summed E-state index contributed by atoms with van der Waals surface area (Å²) < 4.78 is 1.19. The molecular formula is C8H8N6O2S. The van der Waals surface area contributed by atoms with E-state index in [4.69, 9.17) is 5.11 Å². The molecule has 0 aliphatic heterocycles. The first-order valence-corrected chi connectivity index (χ1v) is 5.43. The highest BCUT2D eigenvalue weighted by atomic mass is 32.2. The molecule has 9 heteroatoms. The maximum Gasteiger partial charge on any atom is 0.325 e. The van der Waals surface area contributed by atoms with Gasteiger partial charge in [-0.2, -0.15) is 5.10 Å². The zero-order valence-corrected chi connectivity index (χ0v) is 9.63. The summed E-state index contributed by atoms with van der Waals surface area (Å²) in [5.41, 5.74) is 0.805. The van der Waals surface area contributed by atoms with E-state index >= 15 is 0 Å². The quantitative estimate of drug-likeness (QED) is 0.810. The molecule has 0 atom stereocenters. The maximum absolute atomic E-state index is 10.6. The van der Waals surface area contributed by atoms with Crippen molar-refractivity contribution in [2.45, 2.75) is 23.7 Å². The third kappa shape index (κ3) is 2.97. The molecule has 0 aliphatic rings. The number of hydrogen-bond acceptors (Lipinski definition) is 7. The average Bonchev–Trinajstić information content (AvgIpc) is 2.68. The Labute approximate surface area is 100 Å². The molecule has 88 valence electrons. The predicted molar refractivity (Wildman–Crippen MR) is 56.3 cm³/mol. The summed E-state index contributed by atoms with van der Waals surface area (Å²) in [6.07, 6.45) is 0. The Hall–Kier alpha value is -2.03. The van der Waals surface area contributed by atoms with Crippen molar-refractivity contribution in [2.24, 2.45) is 0 Å². The lowest BCUT2D eigenvalue weighted by Gasteiger charge is -2.00. The highest BCUT2D eigenvalue weighted by molar-refractivity contribution is 7.99. The van der Waals surface area contributed by atoms with Crippen LogP contribution >= 0.6 is 11.8 Å². The molecular weight excluding hydrogens is 244 g/mol. The fraction of sp³-hybridized carbons (Fsp3) is 0.250. The summed E-state index contributed by atoms with van der Waals surface area (Å²) in [7, 11) is 0. The second kappa shape index (κ2) is 4.87. The molecule has 0 saturated carbocycles. The van der Waals surface area contributed by atoms with Gasteiger partial charge in [0.2, 0.25) is 5.16 Å². The van der Waals surface area contributed by atoms with E-state index in [9.17, 15) is 4.79 Å². The van der Waals surface area contributed by atoms with Gasteiger partial charge in [0.25, 0.3) is 0 Å². The molecule has 0 fully saturated rings. The second-order valence-corrected chi connectivity index (χ2v) is 4.12. The van der Waals surface area contributed by atoms with Crippen LogP contribution in [0, 0.1) is 6.92 Å². The van der Waals surface area contributed by atoms with Gasteiger partial charge in [0.05, 0.1) is 5.69 Å². The van der Waals surface area contributed by atoms with Crippen molar-refractivity contribution in [2.75, 3.05) is 0 Å². The number of carbonyl (C=O) groups is 1. The van der Waals surface area contributed by atoms with Gasteiger partial charge in [-0.15, -0.1) is 10.2 Å². The van der Waals surface area contributed by atoms with E-state index in [0.717, 1.165) is 17.5 Å². The monoisotopic (exact) mass is 252 g/mol. The summed E-state index contributed by atoms with van der Waals surface area (Å²) in [6.45, 7) is 1.55. The molecule has 0 saturated heterocycles. The summed E-state index contributed by atoms with van der Waals surface area (Å²) in [4.78, 5) is 10.6. The molecule has 0 aliphatic carbocycles. The van der Waals surface area contributed by atoms with Crippen LogP contribution in [0.3, 0.4) is 0 Å². The molecule has 0 bridgehead atoms. The van der Waals surface area contributed by atoms with E-state index in [1.165, 1.54) is 4.68 Å². The molecule has 0 aromatic carbocycles. The minimum absolute atomic E-state index is 0.283. The lowest BCUT2D eigenvalue weighted by atomic mass is 10.4. The first-order chi connectivity index (χ1) is 8.15. The van der Waals surface area contributed by atoms with Crippen molar-refractivity contribution in [3.8, 4) is 0 Å². The standard InChI is InChI=1S/C8H8N6O2S/c1-5-2-3-6(10-9-5)17-8-11-12-13-14(8)4-7(15)16/h2-3H,4H2,1H3,(H,15,16). The molecule has 2 rings (SSSR count). The van der Waals surface area contributed by atoms with Crippen LogP contribution in [-0.4, -0.2) is 41.5 Å². The lowest BCUT2D eigenvalue weighted by molar-refractivity contribution is -0.138. The molecule has 2 heterocycles. The smallest absolute Gasteiger partial charge is 0.325 e. The number of carboxylic acids is 1. The first-order valence-electron chi connectivity index (χ1n) is 4.61. The fourth-order valence-corrected chi connectivity index (χ4v) is 1.72. The number of rotatable bonds is 4. The van der Waals surface area contributed by atoms with Crippen LogP contribution in [0.15, 0.2) is 22.3 Å². The zero-order chi connectivity index (χ0) is 12.3. The number of carboxylic acid groups (broad SMARTS) is 1. The zero-order valence-electron chi connectivity index (χ0n) is 8.81. The van der Waals surface area contributed by atoms with Gasteiger partial charge in [-0.05, 0) is 41.2 Å². The van der Waals surface area contributed by atoms with Gasteiger partial charge in [0.1, 0.15) is 11.6 Å². The van der Waals surface area contributed by atoms with Crippen LogP contribution in [0.2, 0.25) is 0 Å². The van der Waals surface area contributed by atoms with Crippen molar-refractivity contribution in [1.82, 2.24) is 30.4 Å². The minimum Gasteiger partial charge on any atom is -0.480 e. The first kappa shape index (κ1) is 11.5. The number of aryl methyl sites for hydroxylation is 1. The van der Waals surface area contributed by atoms with E-state index in [1.807, 2.05) is 6.92 Å². The lowest BCUT2D eigenvalue weighted by Crippen LogP contribution is -2.11. The SMILES string of the molecule is Cc1ccc(Sc2nnnn2CC(=O)O)nn1. The van der Waals surface area contributed by atoms with Gasteiger partial charge < -0.3 is 5.11 Å². The predicted octanol–water partition coefficient (Wildman–Crippen LogP) is 0.00732. The van der Waals surface area contributed by atoms with E-state index in [1.54, 1.807) is 12.1 Å². The number of aromatic nitrogens is 6. The van der Waals surface area contributed by atoms with Crippen LogP contribution < -0.4 is 0 Å². The van der Waals surface area contributed by atoms with Gasteiger partial charge in [0.15, 0.2) is 0 Å². The van der Waals surface area contributed by atoms with Crippen LogP contribution in [0.25, 0.3) is 0 Å². The van der Waals surface area contributed by atoms with Crippen molar-refractivity contribution < 1.29 is 9.90 Å². The van der Waals surface area contributed by atoms with Gasteiger partial charge in [-0.1, -0.05) is 0 Å². The summed E-state index contributed by atoms with van der Waals surface area (Å²) in [5, 5.41) is 28.2. The minimum atomic E-state index is -1.01. The third-order valence-electron chi connectivity index (χ3n) is 1.75. The van der Waals surface area contributed by atoms with Crippen LogP contribution in [0.4, 0.5) is 0 Å². The van der Waals surface area contributed by atoms with Crippen molar-refractivity contribution in [3.63, 3.8) is 0 Å². The fourth-order valence-electron chi connectivity index (χ4n) is 1.03. The molecule has 2 aromatic rings. The van der Waals surface area contributed by atoms with Crippen molar-refractivity contribution in [1.29, 1.82) is 0 Å². The third-order valence-corrected chi connectivity index (χ3v) is 2.66. The number of nitrogens with zero attached hydrogens (tertiary/aromatic N) is 6. The topological polar surface area (TPSA) is 107 Å². The number of hydrogen-bond donors (Lipinski definition) is 1. The van der Waals surface area contributed by atoms with E-state index in [2.05, 4.69) is 25.7 Å². The summed E-state index contributed by atoms with van der Waals surface area (Å²) >= 11 is 1.16. The van der Waals surface area contributed by atoms with E-state index in [-0.39, 0.29) is 6.54 Å². The highest BCUT2D eigenvalue weighted by Gasteiger charge is 2.11. The number of aliphatic carboxylic acids is 1. The Morgan fingerprint density at radius 2 is 2.24 bits per heavy atom. The molecule has 0 spiro atoms. The Morgan fingerprint density at radius 1 is 1.41 bits per heavy atom. The highest BCUT2D eigenvalue weighted by Crippen LogP contribution is 2.22. The summed E-state index contributed by atoms with van der Waals surface area (Å²) in [5.74, 6) is -1.01. The Kier molecular flexibility index (Phi) is 3.28. The Bertz CT molecular complexity index is 525. The molecule has 0 unspecified atom stereocenters. The molecule has 1 N–H and O–H groups in total. The van der Waals surface area contributed by atoms with Crippen molar-refractivity contribution in [3.05, 3.63) is 17.8 Å². The van der Waals surface area contributed by atoms with Gasteiger partial charge >= 0.3 is 5.97 Å². The molecule has 0 amide bonds. The Morgan fingerprint density at radius 3 is 2.88 bits per heavy atom. The van der Waals surface area contributed by atoms with Crippen molar-refractivity contribution >= 4 is 17.7 Å². The van der Waals surface area contributed by atoms with E-state index < -0.39 is 5.97 Å². The van der Waals surface area contributed by atoms with Gasteiger partial charge in [-0.25, -0.2) is 4.68 Å². The van der Waals surface area contributed by atoms with Crippen LogP contribution in [0.1, 0.15) is 5.69 Å². The summed E-state index contributed by atoms with van der Waals surface area (Å²) in [6, 6.07) is 3.58. The van der Waals surface area contributed by atoms with Gasteiger partial charge in [0, 0.05) is 0 Å². The maximum atomic E-state index is 10.6. The molecule has 8 nitrogen and oxygen atoms in total. The largest absolute Gasteiger partial charge is 0.480 e. The van der Waals surface area contributed by atoms with Gasteiger partial charge in [-0.3, -0.25) is 4.79 Å². The molecule has 0 radical (unpaired) electrons. The number of tetrazole rings is 1. The molecule has 2 aromatic heterocycles. The Balaban J connectivity index is 2.15. The normalized spacial score (nSPS) is 10.4. The molecule has 17 heavy (non-hydrogen) atoms. The average molecular weight is 252 g/mol. The second-order valence-electron chi connectivity index (χ2n) is 3.13. The van der Waals surface area contributed by atoms with Crippen LogP contribution in [-0.2, 0) is 11.3 Å². The van der Waals surface area contributed by atoms with Crippen LogP contribution in [0.5, 0.6) is 0 Å². The van der Waals surface area contributed by atoms with E-state index in [0.29, 0.717) is 10.2 Å².